The Morgan fingerprint density at radius 2 is 2.29 bits per heavy atom. The van der Waals surface area contributed by atoms with Crippen LogP contribution in [0.4, 0.5) is 5.69 Å². The summed E-state index contributed by atoms with van der Waals surface area (Å²) in [6.07, 6.45) is 3.75. The summed E-state index contributed by atoms with van der Waals surface area (Å²) >= 11 is 0. The fraction of sp³-hybridized carbons (Fsp3) is 0.579. The minimum Gasteiger partial charge on any atom is -0.378 e. The molecule has 0 radical (unpaired) electrons. The second-order valence-corrected chi connectivity index (χ2v) is 6.79. The van der Waals surface area contributed by atoms with Gasteiger partial charge in [-0.05, 0) is 44.4 Å². The normalized spacial score (nSPS) is 17.8. The Hall–Kier alpha value is -1.88. The average molecular weight is 329 g/mol. The van der Waals surface area contributed by atoms with Gasteiger partial charge in [0.1, 0.15) is 5.82 Å². The van der Waals surface area contributed by atoms with Crippen LogP contribution in [0.15, 0.2) is 18.2 Å². The van der Waals surface area contributed by atoms with Crippen molar-refractivity contribution >= 4 is 22.6 Å². The van der Waals surface area contributed by atoms with Crippen molar-refractivity contribution in [3.63, 3.8) is 0 Å². The van der Waals surface area contributed by atoms with Crippen LogP contribution in [0.5, 0.6) is 0 Å². The minimum absolute atomic E-state index is 0.0452. The van der Waals surface area contributed by atoms with Crippen LogP contribution in [0, 0.1) is 0 Å². The lowest BCUT2D eigenvalue weighted by Gasteiger charge is -2.10. The monoisotopic (exact) mass is 329 g/mol. The molecule has 1 saturated heterocycles. The van der Waals surface area contributed by atoms with E-state index >= 15 is 0 Å². The lowest BCUT2D eigenvalue weighted by atomic mass is 10.1. The summed E-state index contributed by atoms with van der Waals surface area (Å²) in [6.45, 7) is 8.18. The molecule has 1 amide bonds. The molecule has 1 N–H and O–H groups in total. The van der Waals surface area contributed by atoms with Crippen LogP contribution >= 0.6 is 0 Å². The number of nitrogens with one attached hydrogen (secondary N) is 1. The molecule has 0 spiro atoms. The standard InChI is InChI=1S/C19H27N3O2/c1-4-22-17-9-7-14(12-16(17)21-19(22)13(2)3)20-18(23)10-8-15-6-5-11-24-15/h7,9,12-13,15H,4-6,8,10-11H2,1-3H3,(H,20,23). The largest absolute Gasteiger partial charge is 0.378 e. The number of hydrogen-bond acceptors (Lipinski definition) is 3. The molecule has 5 heteroatoms. The number of aromatic nitrogens is 2. The Morgan fingerprint density at radius 1 is 1.46 bits per heavy atom. The molecule has 1 aliphatic rings. The molecule has 2 heterocycles. The molecule has 1 aliphatic heterocycles. The molecule has 1 aromatic carbocycles. The number of nitrogens with zero attached hydrogens (tertiary/aromatic N) is 2. The molecular weight excluding hydrogens is 302 g/mol. The van der Waals surface area contributed by atoms with Gasteiger partial charge in [-0.15, -0.1) is 0 Å². The highest BCUT2D eigenvalue weighted by Crippen LogP contribution is 2.25. The van der Waals surface area contributed by atoms with Crippen molar-refractivity contribution in [2.45, 2.75) is 65.0 Å². The molecule has 1 atom stereocenters. The maximum absolute atomic E-state index is 12.1. The van der Waals surface area contributed by atoms with Crippen LogP contribution in [0.25, 0.3) is 11.0 Å². The van der Waals surface area contributed by atoms with Crippen LogP contribution in [-0.4, -0.2) is 28.2 Å². The van der Waals surface area contributed by atoms with Crippen molar-refractivity contribution < 1.29 is 9.53 Å². The van der Waals surface area contributed by atoms with Crippen LogP contribution in [0.3, 0.4) is 0 Å². The lowest BCUT2D eigenvalue weighted by Crippen LogP contribution is -2.15. The number of amides is 1. The van der Waals surface area contributed by atoms with Gasteiger partial charge in [0.25, 0.3) is 0 Å². The SMILES string of the molecule is CCn1c(C(C)C)nc2cc(NC(=O)CCC3CCCO3)ccc21. The highest BCUT2D eigenvalue weighted by Gasteiger charge is 2.17. The van der Waals surface area contributed by atoms with Crippen molar-refractivity contribution in [2.75, 3.05) is 11.9 Å². The summed E-state index contributed by atoms with van der Waals surface area (Å²) in [7, 11) is 0. The van der Waals surface area contributed by atoms with E-state index in [-0.39, 0.29) is 12.0 Å². The molecule has 2 aromatic rings. The maximum Gasteiger partial charge on any atom is 0.224 e. The minimum atomic E-state index is 0.0452. The second-order valence-electron chi connectivity index (χ2n) is 6.79. The van der Waals surface area contributed by atoms with Crippen molar-refractivity contribution in [3.05, 3.63) is 24.0 Å². The van der Waals surface area contributed by atoms with E-state index in [4.69, 9.17) is 9.72 Å². The number of ether oxygens (including phenoxy) is 1. The average Bonchev–Trinajstić information content (AvgIpc) is 3.19. The van der Waals surface area contributed by atoms with Crippen molar-refractivity contribution in [3.8, 4) is 0 Å². The van der Waals surface area contributed by atoms with Gasteiger partial charge in [-0.3, -0.25) is 4.79 Å². The number of benzene rings is 1. The number of imidazole rings is 1. The van der Waals surface area contributed by atoms with Gasteiger partial charge in [0.2, 0.25) is 5.91 Å². The van der Waals surface area contributed by atoms with Gasteiger partial charge in [0.15, 0.2) is 0 Å². The zero-order valence-electron chi connectivity index (χ0n) is 14.8. The smallest absolute Gasteiger partial charge is 0.224 e. The predicted octanol–water partition coefficient (Wildman–Crippen LogP) is 4.08. The second kappa shape index (κ2) is 7.34. The Bertz CT molecular complexity index is 715. The topological polar surface area (TPSA) is 56.2 Å². The highest BCUT2D eigenvalue weighted by molar-refractivity contribution is 5.93. The van der Waals surface area contributed by atoms with E-state index in [0.29, 0.717) is 12.3 Å². The summed E-state index contributed by atoms with van der Waals surface area (Å²) in [5, 5.41) is 2.99. The molecule has 0 aliphatic carbocycles. The predicted molar refractivity (Wildman–Crippen MR) is 96.3 cm³/mol. The number of anilines is 1. The molecule has 1 fully saturated rings. The zero-order chi connectivity index (χ0) is 17.1. The van der Waals surface area contributed by atoms with Crippen LogP contribution in [0.1, 0.15) is 58.2 Å². The van der Waals surface area contributed by atoms with Gasteiger partial charge in [-0.1, -0.05) is 13.8 Å². The first-order chi connectivity index (χ1) is 11.6. The number of fused-ring (bicyclic) bond motifs is 1. The van der Waals surface area contributed by atoms with Gasteiger partial charge in [-0.25, -0.2) is 4.98 Å². The van der Waals surface area contributed by atoms with E-state index in [1.807, 2.05) is 18.2 Å². The van der Waals surface area contributed by atoms with Gasteiger partial charge in [-0.2, -0.15) is 0 Å². The van der Waals surface area contributed by atoms with E-state index in [0.717, 1.165) is 55.0 Å². The zero-order valence-corrected chi connectivity index (χ0v) is 14.8. The van der Waals surface area contributed by atoms with E-state index < -0.39 is 0 Å². The van der Waals surface area contributed by atoms with Gasteiger partial charge in [0, 0.05) is 31.2 Å². The van der Waals surface area contributed by atoms with Crippen molar-refractivity contribution in [1.82, 2.24) is 9.55 Å². The lowest BCUT2D eigenvalue weighted by molar-refractivity contribution is -0.116. The summed E-state index contributed by atoms with van der Waals surface area (Å²) < 4.78 is 7.81. The van der Waals surface area contributed by atoms with Crippen LogP contribution in [0.2, 0.25) is 0 Å². The third-order valence-corrected chi connectivity index (χ3v) is 4.61. The van der Waals surface area contributed by atoms with E-state index in [9.17, 15) is 4.79 Å². The number of carbonyl (C=O) groups is 1. The van der Waals surface area contributed by atoms with E-state index in [1.54, 1.807) is 0 Å². The fourth-order valence-corrected chi connectivity index (χ4v) is 3.39. The van der Waals surface area contributed by atoms with Crippen LogP contribution < -0.4 is 5.32 Å². The first-order valence-electron chi connectivity index (χ1n) is 9.00. The van der Waals surface area contributed by atoms with Gasteiger partial charge in [0.05, 0.1) is 17.1 Å². The summed E-state index contributed by atoms with van der Waals surface area (Å²) in [5.74, 6) is 1.51. The molecule has 1 aromatic heterocycles. The molecule has 0 bridgehead atoms. The Morgan fingerprint density at radius 3 is 2.96 bits per heavy atom. The Balaban J connectivity index is 1.69. The highest BCUT2D eigenvalue weighted by atomic mass is 16.5. The van der Waals surface area contributed by atoms with Crippen LogP contribution in [-0.2, 0) is 16.1 Å². The number of carbonyl (C=O) groups excluding carboxylic acids is 1. The van der Waals surface area contributed by atoms with Gasteiger partial charge < -0.3 is 14.6 Å². The molecule has 3 rings (SSSR count). The molecule has 1 unspecified atom stereocenters. The van der Waals surface area contributed by atoms with Gasteiger partial charge >= 0.3 is 0 Å². The molecule has 130 valence electrons. The first-order valence-corrected chi connectivity index (χ1v) is 9.00. The quantitative estimate of drug-likeness (QED) is 0.869. The number of rotatable bonds is 6. The summed E-state index contributed by atoms with van der Waals surface area (Å²) in [4.78, 5) is 16.9. The summed E-state index contributed by atoms with van der Waals surface area (Å²) in [6, 6.07) is 5.98. The first kappa shape index (κ1) is 17.0. The molecule has 0 saturated carbocycles. The van der Waals surface area contributed by atoms with E-state index in [2.05, 4.69) is 30.7 Å². The number of aryl methyl sites for hydroxylation is 1. The van der Waals surface area contributed by atoms with E-state index in [1.165, 1.54) is 0 Å². The molecular formula is C19H27N3O2. The Labute approximate surface area is 143 Å². The number of hydrogen-bond donors (Lipinski definition) is 1. The van der Waals surface area contributed by atoms with Crippen molar-refractivity contribution in [2.24, 2.45) is 0 Å². The molecule has 5 nitrogen and oxygen atoms in total. The third kappa shape index (κ3) is 3.61. The van der Waals surface area contributed by atoms with Crippen molar-refractivity contribution in [1.29, 1.82) is 0 Å². The fourth-order valence-electron chi connectivity index (χ4n) is 3.39. The molecule has 24 heavy (non-hydrogen) atoms. The maximum atomic E-state index is 12.1. The third-order valence-electron chi connectivity index (χ3n) is 4.61. The Kier molecular flexibility index (Phi) is 5.19. The summed E-state index contributed by atoms with van der Waals surface area (Å²) in [5.41, 5.74) is 2.88.